The van der Waals surface area contributed by atoms with E-state index in [4.69, 9.17) is 23.2 Å². The normalized spacial score (nSPS) is 21.8. The lowest BCUT2D eigenvalue weighted by Gasteiger charge is -2.35. The van der Waals surface area contributed by atoms with Crippen LogP contribution in [0.3, 0.4) is 0 Å². The summed E-state index contributed by atoms with van der Waals surface area (Å²) < 4.78 is 0. The molecule has 2 heterocycles. The van der Waals surface area contributed by atoms with Crippen molar-refractivity contribution in [2.45, 2.75) is 51.1 Å². The second kappa shape index (κ2) is 12.4. The zero-order chi connectivity index (χ0) is 24.7. The molecule has 2 fully saturated rings. The molecule has 0 bridgehead atoms. The van der Waals surface area contributed by atoms with Gasteiger partial charge in [0.1, 0.15) is 6.29 Å². The predicted octanol–water partition coefficient (Wildman–Crippen LogP) is 4.99. The Labute approximate surface area is 218 Å². The van der Waals surface area contributed by atoms with Gasteiger partial charge in [-0.25, -0.2) is 0 Å². The first kappa shape index (κ1) is 26.2. The molecule has 2 saturated heterocycles. The van der Waals surface area contributed by atoms with Crippen LogP contribution in [0.25, 0.3) is 0 Å². The number of likely N-dealkylation sites (tertiary alicyclic amines) is 2. The number of carbonyl (C=O) groups is 2. The van der Waals surface area contributed by atoms with Crippen molar-refractivity contribution in [3.8, 4) is 0 Å². The summed E-state index contributed by atoms with van der Waals surface area (Å²) in [6.45, 7) is 4.94. The van der Waals surface area contributed by atoms with E-state index in [0.717, 1.165) is 63.7 Å². The van der Waals surface area contributed by atoms with Gasteiger partial charge in [0, 0.05) is 54.3 Å². The summed E-state index contributed by atoms with van der Waals surface area (Å²) in [5, 5.41) is 4.55. The maximum atomic E-state index is 13.4. The van der Waals surface area contributed by atoms with E-state index in [9.17, 15) is 9.59 Å². The molecule has 0 unspecified atom stereocenters. The molecular formula is C28H35Cl2N3O2. The van der Waals surface area contributed by atoms with E-state index in [1.807, 2.05) is 18.2 Å². The third-order valence-electron chi connectivity index (χ3n) is 7.54. The van der Waals surface area contributed by atoms with Gasteiger partial charge in [-0.15, -0.1) is 0 Å². The Hall–Kier alpha value is -1.92. The number of rotatable bonds is 10. The Kier molecular flexibility index (Phi) is 9.23. The molecule has 0 aliphatic carbocycles. The number of hydrogen-bond donors (Lipinski definition) is 1. The fraction of sp³-hybridized carbons (Fsp3) is 0.500. The SMILES string of the molecule is O=CC[C@]1(C(=O)NC2CCN(CCCc3ccccc3)CC2)CCN(Cc2c(Cl)cccc2Cl)C1. The van der Waals surface area contributed by atoms with Crippen LogP contribution in [0.4, 0.5) is 0 Å². The van der Waals surface area contributed by atoms with E-state index < -0.39 is 5.41 Å². The lowest BCUT2D eigenvalue weighted by atomic mass is 9.82. The Balaban J connectivity index is 1.26. The van der Waals surface area contributed by atoms with Crippen LogP contribution in [-0.4, -0.2) is 60.8 Å². The number of nitrogens with one attached hydrogen (secondary N) is 1. The number of aryl methyl sites for hydroxylation is 1. The molecule has 5 nitrogen and oxygen atoms in total. The summed E-state index contributed by atoms with van der Waals surface area (Å²) in [6.07, 6.45) is 5.94. The average molecular weight is 517 g/mol. The minimum Gasteiger partial charge on any atom is -0.353 e. The van der Waals surface area contributed by atoms with Crippen molar-refractivity contribution in [3.05, 3.63) is 69.7 Å². The third-order valence-corrected chi connectivity index (χ3v) is 8.25. The van der Waals surface area contributed by atoms with Crippen molar-refractivity contribution in [1.29, 1.82) is 0 Å². The van der Waals surface area contributed by atoms with E-state index in [2.05, 4.69) is 45.4 Å². The summed E-state index contributed by atoms with van der Waals surface area (Å²) >= 11 is 12.7. The van der Waals surface area contributed by atoms with E-state index in [-0.39, 0.29) is 18.4 Å². The second-order valence-electron chi connectivity index (χ2n) is 9.99. The summed E-state index contributed by atoms with van der Waals surface area (Å²) in [5.41, 5.74) is 1.58. The Morgan fingerprint density at radius 1 is 1.00 bits per heavy atom. The van der Waals surface area contributed by atoms with Crippen LogP contribution < -0.4 is 5.32 Å². The molecule has 0 aromatic heterocycles. The summed E-state index contributed by atoms with van der Waals surface area (Å²) in [4.78, 5) is 29.6. The van der Waals surface area contributed by atoms with Crippen molar-refractivity contribution >= 4 is 35.4 Å². The predicted molar refractivity (Wildman–Crippen MR) is 142 cm³/mol. The molecule has 2 aromatic rings. The maximum absolute atomic E-state index is 13.4. The van der Waals surface area contributed by atoms with Crippen molar-refractivity contribution < 1.29 is 9.59 Å². The fourth-order valence-electron chi connectivity index (χ4n) is 5.40. The standard InChI is InChI=1S/C28H35Cl2N3O2/c29-25-9-4-10-26(30)24(25)20-33-18-13-28(21-33,14-19-34)27(35)31-23-11-16-32(17-12-23)15-5-8-22-6-2-1-3-7-22/h1-4,6-7,9-10,19,23H,5,8,11-18,20-21H2,(H,31,35)/t28-/m1/s1. The molecule has 0 radical (unpaired) electrons. The van der Waals surface area contributed by atoms with Gasteiger partial charge in [-0.2, -0.15) is 0 Å². The van der Waals surface area contributed by atoms with E-state index in [0.29, 0.717) is 29.6 Å². The molecular weight excluding hydrogens is 481 g/mol. The van der Waals surface area contributed by atoms with Gasteiger partial charge in [0.25, 0.3) is 0 Å². The molecule has 2 aliphatic heterocycles. The molecule has 188 valence electrons. The topological polar surface area (TPSA) is 52.7 Å². The van der Waals surface area contributed by atoms with Gasteiger partial charge in [0.15, 0.2) is 0 Å². The molecule has 35 heavy (non-hydrogen) atoms. The van der Waals surface area contributed by atoms with Gasteiger partial charge in [0.2, 0.25) is 5.91 Å². The van der Waals surface area contributed by atoms with Gasteiger partial charge in [-0.05, 0) is 62.9 Å². The smallest absolute Gasteiger partial charge is 0.228 e. The van der Waals surface area contributed by atoms with E-state index in [1.165, 1.54) is 5.56 Å². The average Bonchev–Trinajstić information content (AvgIpc) is 3.27. The molecule has 0 saturated carbocycles. The number of hydrogen-bond acceptors (Lipinski definition) is 4. The number of halogens is 2. The second-order valence-corrected chi connectivity index (χ2v) is 10.8. The van der Waals surface area contributed by atoms with Crippen molar-refractivity contribution in [3.63, 3.8) is 0 Å². The molecule has 0 spiro atoms. The summed E-state index contributed by atoms with van der Waals surface area (Å²) in [5.74, 6) is 0.0138. The minimum absolute atomic E-state index is 0.0138. The zero-order valence-corrected chi connectivity index (χ0v) is 21.7. The lowest BCUT2D eigenvalue weighted by molar-refractivity contribution is -0.133. The molecule has 2 aliphatic rings. The highest BCUT2D eigenvalue weighted by Gasteiger charge is 2.45. The Bertz CT molecular complexity index is 975. The molecule has 7 heteroatoms. The fourth-order valence-corrected chi connectivity index (χ4v) is 5.91. The first-order valence-corrected chi connectivity index (χ1v) is 13.4. The van der Waals surface area contributed by atoms with Crippen molar-refractivity contribution in [1.82, 2.24) is 15.1 Å². The number of amides is 1. The van der Waals surface area contributed by atoms with Crippen LogP contribution >= 0.6 is 23.2 Å². The molecule has 4 rings (SSSR count). The first-order chi connectivity index (χ1) is 17.0. The van der Waals surface area contributed by atoms with Crippen molar-refractivity contribution in [2.75, 3.05) is 32.7 Å². The van der Waals surface area contributed by atoms with Gasteiger partial charge >= 0.3 is 0 Å². The highest BCUT2D eigenvalue weighted by atomic mass is 35.5. The molecule has 1 atom stereocenters. The van der Waals surface area contributed by atoms with Crippen molar-refractivity contribution in [2.24, 2.45) is 5.41 Å². The van der Waals surface area contributed by atoms with Gasteiger partial charge in [-0.1, -0.05) is 59.6 Å². The van der Waals surface area contributed by atoms with Crippen LogP contribution in [0.15, 0.2) is 48.5 Å². The number of nitrogens with zero attached hydrogens (tertiary/aromatic N) is 2. The molecule has 1 amide bonds. The lowest BCUT2D eigenvalue weighted by Crippen LogP contribution is -2.50. The van der Waals surface area contributed by atoms with E-state index >= 15 is 0 Å². The van der Waals surface area contributed by atoms with Crippen LogP contribution in [-0.2, 0) is 22.6 Å². The monoisotopic (exact) mass is 515 g/mol. The zero-order valence-electron chi connectivity index (χ0n) is 20.2. The van der Waals surface area contributed by atoms with Gasteiger partial charge < -0.3 is 15.0 Å². The number of benzene rings is 2. The highest BCUT2D eigenvalue weighted by Crippen LogP contribution is 2.36. The largest absolute Gasteiger partial charge is 0.353 e. The number of piperidine rings is 1. The van der Waals surface area contributed by atoms with Crippen LogP contribution in [0, 0.1) is 5.41 Å². The van der Waals surface area contributed by atoms with Crippen LogP contribution in [0.2, 0.25) is 10.0 Å². The highest BCUT2D eigenvalue weighted by molar-refractivity contribution is 6.35. The van der Waals surface area contributed by atoms with Gasteiger partial charge in [-0.3, -0.25) is 9.69 Å². The first-order valence-electron chi connectivity index (χ1n) is 12.7. The quantitative estimate of drug-likeness (QED) is 0.453. The molecule has 1 N–H and O–H groups in total. The van der Waals surface area contributed by atoms with Gasteiger partial charge in [0.05, 0.1) is 5.41 Å². The number of aldehydes is 1. The Morgan fingerprint density at radius 3 is 2.40 bits per heavy atom. The Morgan fingerprint density at radius 2 is 1.71 bits per heavy atom. The summed E-state index contributed by atoms with van der Waals surface area (Å²) in [7, 11) is 0. The van der Waals surface area contributed by atoms with Crippen LogP contribution in [0.5, 0.6) is 0 Å². The summed E-state index contributed by atoms with van der Waals surface area (Å²) in [6, 6.07) is 16.3. The van der Waals surface area contributed by atoms with Crippen LogP contribution in [0.1, 0.15) is 43.2 Å². The maximum Gasteiger partial charge on any atom is 0.228 e. The molecule has 2 aromatic carbocycles. The van der Waals surface area contributed by atoms with E-state index in [1.54, 1.807) is 0 Å². The third kappa shape index (κ3) is 6.85. The number of carbonyl (C=O) groups excluding carboxylic acids is 2. The minimum atomic E-state index is -0.678.